The Balaban J connectivity index is 1.95. The summed E-state index contributed by atoms with van der Waals surface area (Å²) >= 11 is 5.80. The van der Waals surface area contributed by atoms with Crippen molar-refractivity contribution in [2.24, 2.45) is 11.8 Å². The highest BCUT2D eigenvalue weighted by Crippen LogP contribution is 2.29. The summed E-state index contributed by atoms with van der Waals surface area (Å²) < 4.78 is 13.1. The zero-order valence-electron chi connectivity index (χ0n) is 11.0. The summed E-state index contributed by atoms with van der Waals surface area (Å²) in [6, 6.07) is 1.12. The van der Waals surface area contributed by atoms with E-state index in [0.717, 1.165) is 18.7 Å². The topological polar surface area (TPSA) is 42.0 Å². The highest BCUT2D eigenvalue weighted by Gasteiger charge is 2.22. The highest BCUT2D eigenvalue weighted by atomic mass is 35.5. The molecule has 0 bridgehead atoms. The number of nitrogens with zero attached hydrogens (tertiary/aromatic N) is 1. The van der Waals surface area contributed by atoms with Gasteiger partial charge in [0.15, 0.2) is 0 Å². The Morgan fingerprint density at radius 3 is 3.00 bits per heavy atom. The number of amides is 1. The van der Waals surface area contributed by atoms with Gasteiger partial charge in [0.05, 0.1) is 11.8 Å². The minimum atomic E-state index is -0.555. The molecule has 1 heterocycles. The van der Waals surface area contributed by atoms with E-state index in [0.29, 0.717) is 18.4 Å². The molecule has 2 atom stereocenters. The van der Waals surface area contributed by atoms with Gasteiger partial charge in [0, 0.05) is 6.54 Å². The van der Waals surface area contributed by atoms with Crippen LogP contribution in [0, 0.1) is 17.7 Å². The third-order valence-electron chi connectivity index (χ3n) is 3.86. The largest absolute Gasteiger partial charge is 0.352 e. The molecule has 1 aromatic heterocycles. The van der Waals surface area contributed by atoms with Gasteiger partial charge in [0.1, 0.15) is 11.0 Å². The third kappa shape index (κ3) is 3.66. The molecule has 1 amide bonds. The highest BCUT2D eigenvalue weighted by molar-refractivity contribution is 6.32. The molecular weight excluding hydrogens is 267 g/mol. The van der Waals surface area contributed by atoms with Gasteiger partial charge >= 0.3 is 0 Å². The van der Waals surface area contributed by atoms with Crippen LogP contribution in [-0.4, -0.2) is 17.4 Å². The molecule has 19 heavy (non-hydrogen) atoms. The van der Waals surface area contributed by atoms with Gasteiger partial charge in [-0.2, -0.15) is 0 Å². The van der Waals surface area contributed by atoms with Gasteiger partial charge in [-0.05, 0) is 24.3 Å². The molecule has 1 N–H and O–H groups in total. The Bertz CT molecular complexity index is 467. The SMILES string of the molecule is CC1CCCCC1CNC(=O)c1cc(F)cnc1Cl. The van der Waals surface area contributed by atoms with Gasteiger partial charge in [-0.3, -0.25) is 4.79 Å². The lowest BCUT2D eigenvalue weighted by Gasteiger charge is -2.28. The number of halogens is 2. The molecule has 0 saturated heterocycles. The van der Waals surface area contributed by atoms with Crippen LogP contribution in [0.25, 0.3) is 0 Å². The maximum Gasteiger partial charge on any atom is 0.254 e. The molecule has 1 aliphatic rings. The smallest absolute Gasteiger partial charge is 0.254 e. The Kier molecular flexibility index (Phi) is 4.75. The zero-order chi connectivity index (χ0) is 13.8. The van der Waals surface area contributed by atoms with Crippen LogP contribution in [0.1, 0.15) is 43.0 Å². The van der Waals surface area contributed by atoms with E-state index in [1.54, 1.807) is 0 Å². The van der Waals surface area contributed by atoms with E-state index in [4.69, 9.17) is 11.6 Å². The van der Waals surface area contributed by atoms with Crippen molar-refractivity contribution in [1.29, 1.82) is 0 Å². The first-order valence-corrected chi connectivity index (χ1v) is 7.05. The molecule has 3 nitrogen and oxygen atoms in total. The number of carbonyl (C=O) groups is 1. The molecule has 1 aromatic rings. The van der Waals surface area contributed by atoms with Gasteiger partial charge in [-0.25, -0.2) is 9.37 Å². The number of aromatic nitrogens is 1. The van der Waals surface area contributed by atoms with Crippen LogP contribution in [0.2, 0.25) is 5.15 Å². The molecule has 1 saturated carbocycles. The lowest BCUT2D eigenvalue weighted by atomic mass is 9.80. The molecule has 1 aliphatic carbocycles. The van der Waals surface area contributed by atoms with Gasteiger partial charge < -0.3 is 5.32 Å². The van der Waals surface area contributed by atoms with Crippen molar-refractivity contribution < 1.29 is 9.18 Å². The molecule has 0 aliphatic heterocycles. The Morgan fingerprint density at radius 2 is 2.26 bits per heavy atom. The standard InChI is InChI=1S/C14H18ClFN2O/c1-9-4-2-3-5-10(9)7-18-14(19)12-6-11(16)8-17-13(12)15/h6,8-10H,2-5,7H2,1H3,(H,18,19). The summed E-state index contributed by atoms with van der Waals surface area (Å²) in [5.41, 5.74) is 0.102. The van der Waals surface area contributed by atoms with Gasteiger partial charge in [0.2, 0.25) is 0 Å². The van der Waals surface area contributed by atoms with E-state index in [-0.39, 0.29) is 16.6 Å². The van der Waals surface area contributed by atoms with Crippen molar-refractivity contribution in [3.05, 3.63) is 28.8 Å². The lowest BCUT2D eigenvalue weighted by Crippen LogP contribution is -2.33. The summed E-state index contributed by atoms with van der Waals surface area (Å²) in [5, 5.41) is 2.87. The molecule has 2 unspecified atom stereocenters. The summed E-state index contributed by atoms with van der Waals surface area (Å²) in [6.07, 6.45) is 5.83. The van der Waals surface area contributed by atoms with Crippen molar-refractivity contribution >= 4 is 17.5 Å². The second kappa shape index (κ2) is 6.33. The monoisotopic (exact) mass is 284 g/mol. The quantitative estimate of drug-likeness (QED) is 0.864. The maximum absolute atomic E-state index is 13.1. The van der Waals surface area contributed by atoms with Crippen molar-refractivity contribution in [2.75, 3.05) is 6.54 Å². The minimum absolute atomic E-state index is 0.0376. The lowest BCUT2D eigenvalue weighted by molar-refractivity contribution is 0.0935. The Labute approximate surface area is 117 Å². The Hall–Kier alpha value is -1.16. The summed E-state index contributed by atoms with van der Waals surface area (Å²) in [5.74, 6) is 0.212. The van der Waals surface area contributed by atoms with E-state index < -0.39 is 5.82 Å². The zero-order valence-corrected chi connectivity index (χ0v) is 11.7. The van der Waals surface area contributed by atoms with Crippen molar-refractivity contribution in [3.63, 3.8) is 0 Å². The molecule has 0 aromatic carbocycles. The first-order valence-electron chi connectivity index (χ1n) is 6.67. The van der Waals surface area contributed by atoms with Crippen molar-refractivity contribution in [3.8, 4) is 0 Å². The molecular formula is C14H18ClFN2O. The normalized spacial score (nSPS) is 23.1. The van der Waals surface area contributed by atoms with Crippen LogP contribution in [0.5, 0.6) is 0 Å². The number of pyridine rings is 1. The van der Waals surface area contributed by atoms with Crippen LogP contribution < -0.4 is 5.32 Å². The van der Waals surface area contributed by atoms with E-state index >= 15 is 0 Å². The predicted octanol–water partition coefficient (Wildman–Crippen LogP) is 3.43. The third-order valence-corrected chi connectivity index (χ3v) is 4.17. The van der Waals surface area contributed by atoms with E-state index in [2.05, 4.69) is 17.2 Å². The minimum Gasteiger partial charge on any atom is -0.352 e. The number of carbonyl (C=O) groups excluding carboxylic acids is 1. The van der Waals surface area contributed by atoms with Gasteiger partial charge in [-0.1, -0.05) is 37.8 Å². The van der Waals surface area contributed by atoms with E-state index in [1.807, 2.05) is 0 Å². The summed E-state index contributed by atoms with van der Waals surface area (Å²) in [6.45, 7) is 2.83. The average Bonchev–Trinajstić information content (AvgIpc) is 2.40. The summed E-state index contributed by atoms with van der Waals surface area (Å²) in [4.78, 5) is 15.6. The molecule has 1 fully saturated rings. The second-order valence-corrected chi connectivity index (χ2v) is 5.58. The van der Waals surface area contributed by atoms with Crippen LogP contribution >= 0.6 is 11.6 Å². The Morgan fingerprint density at radius 1 is 1.53 bits per heavy atom. The predicted molar refractivity (Wildman–Crippen MR) is 72.7 cm³/mol. The molecule has 104 valence electrons. The fourth-order valence-electron chi connectivity index (χ4n) is 2.60. The van der Waals surface area contributed by atoms with Crippen molar-refractivity contribution in [2.45, 2.75) is 32.6 Å². The second-order valence-electron chi connectivity index (χ2n) is 5.22. The average molecular weight is 285 g/mol. The van der Waals surface area contributed by atoms with E-state index in [1.165, 1.54) is 19.3 Å². The fraction of sp³-hybridized carbons (Fsp3) is 0.571. The van der Waals surface area contributed by atoms with Crippen LogP contribution in [0.15, 0.2) is 12.3 Å². The molecule has 0 spiro atoms. The molecule has 5 heteroatoms. The van der Waals surface area contributed by atoms with Gasteiger partial charge in [0.25, 0.3) is 5.91 Å². The number of nitrogens with one attached hydrogen (secondary N) is 1. The van der Waals surface area contributed by atoms with Crippen LogP contribution in [-0.2, 0) is 0 Å². The number of hydrogen-bond acceptors (Lipinski definition) is 2. The first kappa shape index (κ1) is 14.3. The van der Waals surface area contributed by atoms with Crippen LogP contribution in [0.4, 0.5) is 4.39 Å². The van der Waals surface area contributed by atoms with E-state index in [9.17, 15) is 9.18 Å². The number of rotatable bonds is 3. The maximum atomic E-state index is 13.1. The van der Waals surface area contributed by atoms with Gasteiger partial charge in [-0.15, -0.1) is 0 Å². The van der Waals surface area contributed by atoms with Crippen LogP contribution in [0.3, 0.4) is 0 Å². The fourth-order valence-corrected chi connectivity index (χ4v) is 2.79. The molecule has 2 rings (SSSR count). The number of hydrogen-bond donors (Lipinski definition) is 1. The summed E-state index contributed by atoms with van der Waals surface area (Å²) in [7, 11) is 0. The first-order chi connectivity index (χ1) is 9.08. The van der Waals surface area contributed by atoms with Crippen molar-refractivity contribution in [1.82, 2.24) is 10.3 Å². The molecule has 0 radical (unpaired) electrons.